The molecule has 67 heavy (non-hydrogen) atoms. The van der Waals surface area contributed by atoms with Crippen molar-refractivity contribution in [3.63, 3.8) is 0 Å². The predicted octanol–water partition coefficient (Wildman–Crippen LogP) is 19.5. The molecule has 1 amide bonds. The Balaban J connectivity index is 3.52. The van der Waals surface area contributed by atoms with Gasteiger partial charge in [0.1, 0.15) is 0 Å². The first-order valence-corrected chi connectivity index (χ1v) is 29.3. The van der Waals surface area contributed by atoms with Crippen molar-refractivity contribution in [3.05, 3.63) is 85.1 Å². The Kier molecular flexibility index (Phi) is 55.8. The Labute approximate surface area is 418 Å². The second kappa shape index (κ2) is 57.9. The van der Waals surface area contributed by atoms with Gasteiger partial charge < -0.3 is 15.5 Å². The number of rotatable bonds is 53. The average molecular weight is 933 g/mol. The van der Waals surface area contributed by atoms with Crippen molar-refractivity contribution in [2.24, 2.45) is 0 Å². The molecule has 4 nitrogen and oxygen atoms in total. The number of aliphatic hydroxyl groups is 2. The van der Waals surface area contributed by atoms with Crippen molar-refractivity contribution in [3.8, 4) is 0 Å². The molecular formula is C63H113NO3. The van der Waals surface area contributed by atoms with E-state index in [1.165, 1.54) is 193 Å². The quantitative estimate of drug-likeness (QED) is 0.0420. The van der Waals surface area contributed by atoms with Crippen LogP contribution in [0.3, 0.4) is 0 Å². The van der Waals surface area contributed by atoms with Crippen LogP contribution in [-0.4, -0.2) is 34.9 Å². The molecule has 388 valence electrons. The molecule has 3 N–H and O–H groups in total. The van der Waals surface area contributed by atoms with Crippen LogP contribution in [0.5, 0.6) is 0 Å². The third kappa shape index (κ3) is 54.4. The van der Waals surface area contributed by atoms with Gasteiger partial charge in [-0.25, -0.2) is 0 Å². The lowest BCUT2D eigenvalue weighted by Gasteiger charge is -2.22. The Morgan fingerprint density at radius 3 is 0.925 bits per heavy atom. The van der Waals surface area contributed by atoms with Crippen molar-refractivity contribution < 1.29 is 15.0 Å². The van der Waals surface area contributed by atoms with Crippen LogP contribution in [0, 0.1) is 0 Å². The minimum atomic E-state index is -0.691. The van der Waals surface area contributed by atoms with Gasteiger partial charge in [0.15, 0.2) is 0 Å². The van der Waals surface area contributed by atoms with Crippen LogP contribution < -0.4 is 5.32 Å². The van der Waals surface area contributed by atoms with E-state index in [0.717, 1.165) is 70.6 Å². The summed E-state index contributed by atoms with van der Waals surface area (Å²) < 4.78 is 0. The maximum Gasteiger partial charge on any atom is 0.220 e. The maximum absolute atomic E-state index is 12.5. The summed E-state index contributed by atoms with van der Waals surface area (Å²) in [4.78, 5) is 12.5. The molecule has 0 aromatic heterocycles. The fourth-order valence-corrected chi connectivity index (χ4v) is 8.76. The van der Waals surface area contributed by atoms with Crippen molar-refractivity contribution in [2.45, 2.75) is 302 Å². The second-order valence-electron chi connectivity index (χ2n) is 19.7. The molecule has 0 saturated heterocycles. The van der Waals surface area contributed by atoms with E-state index in [0.29, 0.717) is 12.8 Å². The Hall–Kier alpha value is -2.43. The van der Waals surface area contributed by atoms with Gasteiger partial charge in [0.2, 0.25) is 5.91 Å². The first-order chi connectivity index (χ1) is 33.2. The van der Waals surface area contributed by atoms with Gasteiger partial charge >= 0.3 is 0 Å². The number of allylic oxidation sites excluding steroid dienone is 14. The zero-order chi connectivity index (χ0) is 48.5. The molecule has 0 saturated carbocycles. The summed E-state index contributed by atoms with van der Waals surface area (Å²) >= 11 is 0. The normalized spacial score (nSPS) is 13.4. The number of amides is 1. The first kappa shape index (κ1) is 64.6. The predicted molar refractivity (Wildman–Crippen MR) is 299 cm³/mol. The highest BCUT2D eigenvalue weighted by atomic mass is 16.3. The van der Waals surface area contributed by atoms with Gasteiger partial charge in [-0.3, -0.25) is 4.79 Å². The highest BCUT2D eigenvalue weighted by Crippen LogP contribution is 2.18. The molecule has 0 aliphatic carbocycles. The molecule has 0 rings (SSSR count). The average Bonchev–Trinajstić information content (AvgIpc) is 3.33. The molecule has 0 aliphatic rings. The van der Waals surface area contributed by atoms with Crippen LogP contribution in [0.1, 0.15) is 290 Å². The number of carbonyl (C=O) groups excluding carboxylic acids is 1. The third-order valence-electron chi connectivity index (χ3n) is 13.2. The van der Waals surface area contributed by atoms with E-state index < -0.39 is 12.1 Å². The Bertz CT molecular complexity index is 1190. The van der Waals surface area contributed by atoms with Crippen molar-refractivity contribution >= 4 is 5.91 Å². The standard InChI is InChI=1S/C63H113NO3/c1-3-5-7-9-11-13-15-17-19-21-23-25-27-28-29-30-31-32-33-34-35-37-38-40-42-44-46-48-50-52-54-56-58-62(66)61(60-65)64-63(67)59-57-55-53-51-49-47-45-43-41-39-36-26-24-22-20-18-16-14-12-10-8-6-4-2/h6,8,12,14,18,20,24,26,39,41,45,47,51,53,61-62,65-66H,3-5,7,9-11,13,15-17,19,21-23,25,27-38,40,42-44,46,48-50,52,54-60H2,1-2H3,(H,64,67)/b8-6-,14-12-,20-18-,26-24-,41-39-,47-45-,53-51-. The van der Waals surface area contributed by atoms with Gasteiger partial charge in [-0.2, -0.15) is 0 Å². The van der Waals surface area contributed by atoms with Gasteiger partial charge in [0.25, 0.3) is 0 Å². The first-order valence-electron chi connectivity index (χ1n) is 29.3. The molecule has 0 heterocycles. The summed E-state index contributed by atoms with van der Waals surface area (Å²) in [6.07, 6.45) is 84.5. The van der Waals surface area contributed by atoms with Crippen LogP contribution in [0.4, 0.5) is 0 Å². The highest BCUT2D eigenvalue weighted by Gasteiger charge is 2.20. The summed E-state index contributed by atoms with van der Waals surface area (Å²) in [6, 6.07) is -0.574. The van der Waals surface area contributed by atoms with Crippen molar-refractivity contribution in [2.75, 3.05) is 6.61 Å². The Morgan fingerprint density at radius 2 is 0.642 bits per heavy atom. The third-order valence-corrected chi connectivity index (χ3v) is 13.2. The number of hydrogen-bond acceptors (Lipinski definition) is 3. The van der Waals surface area contributed by atoms with E-state index in [2.05, 4.69) is 104 Å². The molecule has 0 aromatic rings. The summed E-state index contributed by atoms with van der Waals surface area (Å²) in [6.45, 7) is 4.24. The van der Waals surface area contributed by atoms with E-state index in [1.807, 2.05) is 0 Å². The van der Waals surface area contributed by atoms with Gasteiger partial charge in [0.05, 0.1) is 18.8 Å². The lowest BCUT2D eigenvalue weighted by Crippen LogP contribution is -2.45. The van der Waals surface area contributed by atoms with Gasteiger partial charge in [-0.1, -0.05) is 304 Å². The van der Waals surface area contributed by atoms with E-state index in [-0.39, 0.29) is 12.5 Å². The minimum Gasteiger partial charge on any atom is -0.394 e. The second-order valence-corrected chi connectivity index (χ2v) is 19.7. The van der Waals surface area contributed by atoms with Crippen LogP contribution in [-0.2, 0) is 4.79 Å². The van der Waals surface area contributed by atoms with Crippen molar-refractivity contribution in [1.82, 2.24) is 5.32 Å². The van der Waals surface area contributed by atoms with Gasteiger partial charge in [-0.05, 0) is 64.2 Å². The van der Waals surface area contributed by atoms with Crippen LogP contribution in [0.25, 0.3) is 0 Å². The SMILES string of the molecule is CC/C=C\C/C=C\C/C=C\C/C=C\C/C=C\C/C=C\C/C=C\CCCC(=O)NC(CO)C(O)CCCCCCCCCCCCCCCCCCCCCCCCCCCCCCCCCC. The minimum absolute atomic E-state index is 0.0884. The zero-order valence-corrected chi connectivity index (χ0v) is 44.7. The number of hydrogen-bond donors (Lipinski definition) is 3. The zero-order valence-electron chi connectivity index (χ0n) is 44.7. The fourth-order valence-electron chi connectivity index (χ4n) is 8.76. The number of nitrogens with one attached hydrogen (secondary N) is 1. The monoisotopic (exact) mass is 932 g/mol. The van der Waals surface area contributed by atoms with Gasteiger partial charge in [-0.15, -0.1) is 0 Å². The smallest absolute Gasteiger partial charge is 0.220 e. The number of aliphatic hydroxyl groups excluding tert-OH is 2. The molecule has 0 radical (unpaired) electrons. The lowest BCUT2D eigenvalue weighted by atomic mass is 10.0. The molecule has 0 aromatic carbocycles. The van der Waals surface area contributed by atoms with E-state index >= 15 is 0 Å². The van der Waals surface area contributed by atoms with Crippen LogP contribution >= 0.6 is 0 Å². The summed E-state index contributed by atoms with van der Waals surface area (Å²) in [5, 5.41) is 23.3. The largest absolute Gasteiger partial charge is 0.394 e. The molecule has 2 unspecified atom stereocenters. The Morgan fingerprint density at radius 1 is 0.373 bits per heavy atom. The molecule has 0 bridgehead atoms. The maximum atomic E-state index is 12.5. The molecule has 0 aliphatic heterocycles. The van der Waals surface area contributed by atoms with E-state index in [9.17, 15) is 15.0 Å². The molecule has 0 fully saturated rings. The summed E-state index contributed by atoms with van der Waals surface area (Å²) in [7, 11) is 0. The van der Waals surface area contributed by atoms with E-state index in [1.54, 1.807) is 0 Å². The summed E-state index contributed by atoms with van der Waals surface area (Å²) in [5.41, 5.74) is 0. The fraction of sp³-hybridized carbons (Fsp3) is 0.762. The lowest BCUT2D eigenvalue weighted by molar-refractivity contribution is -0.123. The highest BCUT2D eigenvalue weighted by molar-refractivity contribution is 5.76. The van der Waals surface area contributed by atoms with Crippen molar-refractivity contribution in [1.29, 1.82) is 0 Å². The summed E-state index contributed by atoms with van der Waals surface area (Å²) in [5.74, 6) is -0.0884. The topological polar surface area (TPSA) is 69.6 Å². The molecule has 2 atom stereocenters. The number of unbranched alkanes of at least 4 members (excludes halogenated alkanes) is 32. The van der Waals surface area contributed by atoms with Crippen LogP contribution in [0.15, 0.2) is 85.1 Å². The molecular weight excluding hydrogens is 819 g/mol. The van der Waals surface area contributed by atoms with Gasteiger partial charge in [0, 0.05) is 6.42 Å². The molecule has 0 spiro atoms. The molecule has 4 heteroatoms. The van der Waals surface area contributed by atoms with E-state index in [4.69, 9.17) is 0 Å². The van der Waals surface area contributed by atoms with Crippen LogP contribution in [0.2, 0.25) is 0 Å². The number of carbonyl (C=O) groups is 1.